The van der Waals surface area contributed by atoms with Gasteiger partial charge in [0.1, 0.15) is 0 Å². The molecule has 6 nitrogen and oxygen atoms in total. The highest BCUT2D eigenvalue weighted by molar-refractivity contribution is 7.53. The number of hydrogen-bond donors (Lipinski definition) is 0. The normalized spacial score (nSPS) is 18.2. The average Bonchev–Trinajstić information content (AvgIpc) is 2.24. The van der Waals surface area contributed by atoms with Gasteiger partial charge >= 0.3 is 15.2 Å². The Kier molecular flexibility index (Phi) is 9.48. The van der Waals surface area contributed by atoms with Crippen LogP contribution in [0.25, 0.3) is 0 Å². The molecule has 0 amide bonds. The fourth-order valence-electron chi connectivity index (χ4n) is 1.25. The van der Waals surface area contributed by atoms with Crippen LogP contribution in [0.4, 0.5) is 0 Å². The predicted molar refractivity (Wildman–Crippen MR) is 80.6 cm³/mol. The molecule has 0 heterocycles. The van der Waals surface area contributed by atoms with Gasteiger partial charge in [-0.1, -0.05) is 13.8 Å². The van der Waals surface area contributed by atoms with Crippen molar-refractivity contribution in [1.82, 2.24) is 0 Å². The van der Waals surface area contributed by atoms with E-state index in [9.17, 15) is 9.13 Å². The Bertz CT molecular complexity index is 356. The Morgan fingerprint density at radius 3 is 1.80 bits per heavy atom. The van der Waals surface area contributed by atoms with Crippen LogP contribution in [0.3, 0.4) is 0 Å². The molecule has 0 fully saturated rings. The van der Waals surface area contributed by atoms with E-state index in [1.165, 1.54) is 13.3 Å². The lowest BCUT2D eigenvalue weighted by atomic mass is 10.2. The van der Waals surface area contributed by atoms with Gasteiger partial charge in [0.25, 0.3) is 0 Å². The largest absolute Gasteiger partial charge is 0.327 e. The van der Waals surface area contributed by atoms with Crippen LogP contribution in [-0.4, -0.2) is 39.3 Å². The van der Waals surface area contributed by atoms with Gasteiger partial charge in [0.15, 0.2) is 0 Å². The van der Waals surface area contributed by atoms with Crippen molar-refractivity contribution >= 4 is 15.2 Å². The quantitative estimate of drug-likeness (QED) is 0.418. The van der Waals surface area contributed by atoms with Crippen molar-refractivity contribution < 1.29 is 27.2 Å². The summed E-state index contributed by atoms with van der Waals surface area (Å²) in [5, 5.41) is 0. The third-order valence-corrected chi connectivity index (χ3v) is 4.71. The molecule has 122 valence electrons. The SMILES string of the molecule is CC(C)COP(C)(=O)OCCCOP(C)(=O)OC(C)C. The van der Waals surface area contributed by atoms with E-state index in [0.717, 1.165) is 0 Å². The van der Waals surface area contributed by atoms with Gasteiger partial charge in [-0.05, 0) is 26.2 Å². The number of rotatable bonds is 11. The van der Waals surface area contributed by atoms with Crippen LogP contribution in [0.1, 0.15) is 34.1 Å². The van der Waals surface area contributed by atoms with Crippen molar-refractivity contribution in [2.75, 3.05) is 33.2 Å². The van der Waals surface area contributed by atoms with Crippen LogP contribution < -0.4 is 0 Å². The van der Waals surface area contributed by atoms with Crippen molar-refractivity contribution in [1.29, 1.82) is 0 Å². The molecule has 0 radical (unpaired) electrons. The first-order valence-corrected chi connectivity index (χ1v) is 10.8. The van der Waals surface area contributed by atoms with Crippen molar-refractivity contribution in [2.45, 2.75) is 40.2 Å². The first-order chi connectivity index (χ1) is 9.04. The van der Waals surface area contributed by atoms with Crippen LogP contribution in [0, 0.1) is 5.92 Å². The monoisotopic (exact) mass is 330 g/mol. The lowest BCUT2D eigenvalue weighted by Crippen LogP contribution is -2.06. The topological polar surface area (TPSA) is 71.1 Å². The minimum absolute atomic E-state index is 0.151. The van der Waals surface area contributed by atoms with Crippen molar-refractivity contribution in [2.24, 2.45) is 5.92 Å². The van der Waals surface area contributed by atoms with Crippen LogP contribution in [0.5, 0.6) is 0 Å². The van der Waals surface area contributed by atoms with Crippen LogP contribution in [-0.2, 0) is 27.2 Å². The smallest absolute Gasteiger partial charge is 0.309 e. The highest BCUT2D eigenvalue weighted by Gasteiger charge is 2.20. The maximum atomic E-state index is 11.9. The maximum absolute atomic E-state index is 11.9. The molecule has 0 aliphatic heterocycles. The molecule has 0 aromatic heterocycles. The second-order valence-electron chi connectivity index (χ2n) is 5.41. The van der Waals surface area contributed by atoms with E-state index in [1.54, 1.807) is 13.8 Å². The molecule has 0 saturated carbocycles. The summed E-state index contributed by atoms with van der Waals surface area (Å²) in [6.07, 6.45) is 0.324. The number of hydrogen-bond acceptors (Lipinski definition) is 6. The molecule has 2 atom stereocenters. The van der Waals surface area contributed by atoms with Gasteiger partial charge in [-0.25, -0.2) is 0 Å². The Hall–Kier alpha value is 0.300. The molecular formula is C12H28O6P2. The van der Waals surface area contributed by atoms with Crippen molar-refractivity contribution in [3.05, 3.63) is 0 Å². The maximum Gasteiger partial charge on any atom is 0.327 e. The third-order valence-electron chi connectivity index (χ3n) is 1.98. The van der Waals surface area contributed by atoms with E-state index < -0.39 is 15.2 Å². The minimum Gasteiger partial charge on any atom is -0.309 e. The molecule has 0 spiro atoms. The molecule has 0 N–H and O–H groups in total. The molecule has 0 aromatic rings. The lowest BCUT2D eigenvalue weighted by molar-refractivity contribution is 0.155. The Labute approximate surface area is 122 Å². The molecule has 0 aliphatic rings. The molecule has 0 rings (SSSR count). The first-order valence-electron chi connectivity index (χ1n) is 6.81. The molecule has 0 bridgehead atoms. The molecule has 0 aromatic carbocycles. The fraction of sp³-hybridized carbons (Fsp3) is 1.00. The molecule has 0 aliphatic carbocycles. The summed E-state index contributed by atoms with van der Waals surface area (Å²) in [5.41, 5.74) is 0. The van der Waals surface area contributed by atoms with Gasteiger partial charge in [-0.3, -0.25) is 9.13 Å². The molecule has 0 saturated heterocycles. The highest BCUT2D eigenvalue weighted by Crippen LogP contribution is 2.46. The van der Waals surface area contributed by atoms with Gasteiger partial charge in [0.05, 0.1) is 25.9 Å². The Balaban J connectivity index is 3.81. The van der Waals surface area contributed by atoms with Crippen LogP contribution in [0.2, 0.25) is 0 Å². The van der Waals surface area contributed by atoms with E-state index >= 15 is 0 Å². The second kappa shape index (κ2) is 9.34. The zero-order valence-corrected chi connectivity index (χ0v) is 15.1. The molecule has 8 heteroatoms. The molecule has 2 unspecified atom stereocenters. The standard InChI is InChI=1S/C12H28O6P2/c1-11(2)10-17-19(5,13)15-8-7-9-16-20(6,14)18-12(3)4/h11-12H,7-10H2,1-6H3. The van der Waals surface area contributed by atoms with Crippen molar-refractivity contribution in [3.8, 4) is 0 Å². The van der Waals surface area contributed by atoms with Gasteiger partial charge in [0.2, 0.25) is 0 Å². The van der Waals surface area contributed by atoms with E-state index in [0.29, 0.717) is 18.9 Å². The van der Waals surface area contributed by atoms with Gasteiger partial charge < -0.3 is 18.1 Å². The average molecular weight is 330 g/mol. The Morgan fingerprint density at radius 1 is 0.850 bits per heavy atom. The highest BCUT2D eigenvalue weighted by atomic mass is 31.2. The van der Waals surface area contributed by atoms with Crippen LogP contribution >= 0.6 is 15.2 Å². The zero-order chi connectivity index (χ0) is 15.8. The van der Waals surface area contributed by atoms with Crippen LogP contribution in [0.15, 0.2) is 0 Å². The van der Waals surface area contributed by atoms with Gasteiger partial charge in [-0.15, -0.1) is 0 Å². The minimum atomic E-state index is -3.01. The zero-order valence-electron chi connectivity index (χ0n) is 13.3. The summed E-state index contributed by atoms with van der Waals surface area (Å²) in [5.74, 6) is 0.300. The van der Waals surface area contributed by atoms with E-state index in [2.05, 4.69) is 0 Å². The summed E-state index contributed by atoms with van der Waals surface area (Å²) in [7, 11) is -6.02. The second-order valence-corrected chi connectivity index (χ2v) is 9.48. The van der Waals surface area contributed by atoms with Crippen molar-refractivity contribution in [3.63, 3.8) is 0 Å². The first kappa shape index (κ1) is 20.3. The molecule has 20 heavy (non-hydrogen) atoms. The summed E-state index contributed by atoms with van der Waals surface area (Å²) in [6.45, 7) is 11.3. The van der Waals surface area contributed by atoms with E-state index in [1.807, 2.05) is 13.8 Å². The Morgan fingerprint density at radius 2 is 1.35 bits per heavy atom. The van der Waals surface area contributed by atoms with Gasteiger partial charge in [-0.2, -0.15) is 0 Å². The summed E-state index contributed by atoms with van der Waals surface area (Å²) >= 11 is 0. The summed E-state index contributed by atoms with van der Waals surface area (Å²) < 4.78 is 44.4. The van der Waals surface area contributed by atoms with E-state index in [-0.39, 0.29) is 19.3 Å². The summed E-state index contributed by atoms with van der Waals surface area (Å²) in [6, 6.07) is 0. The van der Waals surface area contributed by atoms with E-state index in [4.69, 9.17) is 18.1 Å². The molecular weight excluding hydrogens is 302 g/mol. The van der Waals surface area contributed by atoms with Gasteiger partial charge in [0, 0.05) is 13.3 Å². The third kappa shape index (κ3) is 12.1. The summed E-state index contributed by atoms with van der Waals surface area (Å²) in [4.78, 5) is 0. The predicted octanol–water partition coefficient (Wildman–Crippen LogP) is 4.15. The fourth-order valence-corrected chi connectivity index (χ4v) is 3.65. The lowest BCUT2D eigenvalue weighted by Gasteiger charge is -2.17.